The minimum Gasteiger partial charge on any atom is -0.231 e. The van der Waals surface area contributed by atoms with Gasteiger partial charge in [0.2, 0.25) is 0 Å². The summed E-state index contributed by atoms with van der Waals surface area (Å²) < 4.78 is 0. The van der Waals surface area contributed by atoms with E-state index in [1.54, 1.807) is 12.3 Å². The molecule has 0 spiro atoms. The van der Waals surface area contributed by atoms with E-state index in [0.717, 1.165) is 16.5 Å². The van der Waals surface area contributed by atoms with Gasteiger partial charge in [0.05, 0.1) is 0 Å². The van der Waals surface area contributed by atoms with E-state index < -0.39 is 0 Å². The van der Waals surface area contributed by atoms with Gasteiger partial charge in [-0.2, -0.15) is 0 Å². The van der Waals surface area contributed by atoms with Gasteiger partial charge in [0.1, 0.15) is 16.0 Å². The van der Waals surface area contributed by atoms with Crippen molar-refractivity contribution in [2.45, 2.75) is 43.3 Å². The van der Waals surface area contributed by atoms with E-state index in [9.17, 15) is 0 Å². The first-order chi connectivity index (χ1) is 8.84. The fourth-order valence-electron chi connectivity index (χ4n) is 1.35. The van der Waals surface area contributed by atoms with Crippen LogP contribution in [0.25, 0.3) is 0 Å². The summed E-state index contributed by atoms with van der Waals surface area (Å²) in [6.45, 7) is 8.09. The largest absolute Gasteiger partial charge is 0.231 e. The number of hydrogen-bond acceptors (Lipinski definition) is 5. The Labute approximate surface area is 122 Å². The Morgan fingerprint density at radius 2 is 1.89 bits per heavy atom. The highest BCUT2D eigenvalue weighted by Crippen LogP contribution is 2.27. The summed E-state index contributed by atoms with van der Waals surface area (Å²) in [6, 6.07) is 3.59. The molecule has 100 valence electrons. The van der Waals surface area contributed by atoms with Crippen LogP contribution in [0, 0.1) is 6.92 Å². The fourth-order valence-corrected chi connectivity index (χ4v) is 2.39. The normalized spacial score (nSPS) is 11.6. The summed E-state index contributed by atoms with van der Waals surface area (Å²) in [5.74, 6) is 0.718. The Morgan fingerprint density at radius 3 is 2.53 bits per heavy atom. The van der Waals surface area contributed by atoms with Crippen LogP contribution in [0.5, 0.6) is 0 Å². The number of nitrogens with zero attached hydrogens (tertiary/aromatic N) is 4. The van der Waals surface area contributed by atoms with E-state index in [1.165, 1.54) is 11.8 Å². The number of hydrogen-bond donors (Lipinski definition) is 0. The Bertz CT molecular complexity index is 595. The molecule has 0 N–H and O–H groups in total. The second kappa shape index (κ2) is 5.43. The van der Waals surface area contributed by atoms with Gasteiger partial charge in [0.25, 0.3) is 0 Å². The molecular weight excluding hydrogens is 280 g/mol. The average molecular weight is 295 g/mol. The average Bonchev–Trinajstić information content (AvgIpc) is 2.26. The Kier molecular flexibility index (Phi) is 4.06. The van der Waals surface area contributed by atoms with E-state index in [-0.39, 0.29) is 5.41 Å². The van der Waals surface area contributed by atoms with Crippen LogP contribution in [0.1, 0.15) is 32.3 Å². The van der Waals surface area contributed by atoms with Crippen LogP contribution in [-0.2, 0) is 5.41 Å². The lowest BCUT2D eigenvalue weighted by atomic mass is 9.96. The standard InChI is InChI=1S/C13H15ClN4S/c1-8-5-6-15-12(16-8)19-10-7-9(14)17-11(18-10)13(2,3)4/h5-7H,1-4H3. The molecule has 0 bridgehead atoms. The van der Waals surface area contributed by atoms with Crippen molar-refractivity contribution in [1.82, 2.24) is 19.9 Å². The predicted octanol–water partition coefficient (Wildman–Crippen LogP) is 3.68. The van der Waals surface area contributed by atoms with Gasteiger partial charge in [0, 0.05) is 23.4 Å². The topological polar surface area (TPSA) is 51.6 Å². The molecule has 19 heavy (non-hydrogen) atoms. The van der Waals surface area contributed by atoms with Gasteiger partial charge in [-0.1, -0.05) is 32.4 Å². The molecule has 0 unspecified atom stereocenters. The first-order valence-corrected chi connectivity index (χ1v) is 7.06. The molecule has 0 aliphatic carbocycles. The van der Waals surface area contributed by atoms with Crippen LogP contribution >= 0.6 is 23.4 Å². The molecule has 0 aliphatic heterocycles. The van der Waals surface area contributed by atoms with Crippen LogP contribution < -0.4 is 0 Å². The van der Waals surface area contributed by atoms with Crippen molar-refractivity contribution in [3.8, 4) is 0 Å². The quantitative estimate of drug-likeness (QED) is 0.625. The van der Waals surface area contributed by atoms with Gasteiger partial charge in [-0.25, -0.2) is 19.9 Å². The van der Waals surface area contributed by atoms with Crippen molar-refractivity contribution in [2.24, 2.45) is 0 Å². The van der Waals surface area contributed by atoms with Gasteiger partial charge >= 0.3 is 0 Å². The number of rotatable bonds is 2. The second-order valence-electron chi connectivity index (χ2n) is 5.19. The molecule has 0 saturated heterocycles. The van der Waals surface area contributed by atoms with Gasteiger partial charge in [-0.15, -0.1) is 0 Å². The zero-order chi connectivity index (χ0) is 14.0. The third kappa shape index (κ3) is 3.88. The molecule has 4 nitrogen and oxygen atoms in total. The maximum Gasteiger partial charge on any atom is 0.194 e. The maximum absolute atomic E-state index is 6.05. The summed E-state index contributed by atoms with van der Waals surface area (Å²) in [5.41, 5.74) is 0.780. The molecule has 0 atom stereocenters. The summed E-state index contributed by atoms with van der Waals surface area (Å²) in [6.07, 6.45) is 1.73. The SMILES string of the molecule is Cc1ccnc(Sc2cc(Cl)nc(C(C)(C)C)n2)n1. The van der Waals surface area contributed by atoms with E-state index in [1.807, 2.05) is 13.0 Å². The lowest BCUT2D eigenvalue weighted by Gasteiger charge is -2.17. The van der Waals surface area contributed by atoms with Gasteiger partial charge < -0.3 is 0 Å². The van der Waals surface area contributed by atoms with Gasteiger partial charge in [-0.05, 0) is 24.8 Å². The van der Waals surface area contributed by atoms with Crippen molar-refractivity contribution in [2.75, 3.05) is 0 Å². The number of aromatic nitrogens is 4. The minimum absolute atomic E-state index is 0.145. The van der Waals surface area contributed by atoms with Crippen LogP contribution in [0.4, 0.5) is 0 Å². The van der Waals surface area contributed by atoms with Crippen LogP contribution in [0.3, 0.4) is 0 Å². The Balaban J connectivity index is 2.33. The lowest BCUT2D eigenvalue weighted by Crippen LogP contribution is -2.16. The Morgan fingerprint density at radius 1 is 1.16 bits per heavy atom. The highest BCUT2D eigenvalue weighted by atomic mass is 35.5. The van der Waals surface area contributed by atoms with Crippen LogP contribution in [-0.4, -0.2) is 19.9 Å². The van der Waals surface area contributed by atoms with E-state index in [4.69, 9.17) is 11.6 Å². The molecule has 0 aliphatic rings. The van der Waals surface area contributed by atoms with E-state index >= 15 is 0 Å². The van der Waals surface area contributed by atoms with Crippen molar-refractivity contribution in [3.63, 3.8) is 0 Å². The number of halogens is 1. The molecule has 6 heteroatoms. The molecule has 0 aromatic carbocycles. The molecule has 2 aromatic heterocycles. The molecule has 0 amide bonds. The summed E-state index contributed by atoms with van der Waals surface area (Å²) in [7, 11) is 0. The monoisotopic (exact) mass is 294 g/mol. The minimum atomic E-state index is -0.145. The maximum atomic E-state index is 6.05. The zero-order valence-electron chi connectivity index (χ0n) is 11.3. The Hall–Kier alpha value is -1.20. The molecule has 2 aromatic rings. The van der Waals surface area contributed by atoms with Crippen molar-refractivity contribution < 1.29 is 0 Å². The lowest BCUT2D eigenvalue weighted by molar-refractivity contribution is 0.538. The third-order valence-corrected chi connectivity index (χ3v) is 3.30. The summed E-state index contributed by atoms with van der Waals surface area (Å²) >= 11 is 7.44. The molecule has 2 heterocycles. The van der Waals surface area contributed by atoms with Gasteiger partial charge in [0.15, 0.2) is 5.16 Å². The molecule has 2 rings (SSSR count). The predicted molar refractivity (Wildman–Crippen MR) is 76.6 cm³/mol. The smallest absolute Gasteiger partial charge is 0.194 e. The van der Waals surface area contributed by atoms with Crippen molar-refractivity contribution >= 4 is 23.4 Å². The molecule has 0 saturated carbocycles. The van der Waals surface area contributed by atoms with Crippen LogP contribution in [0.2, 0.25) is 5.15 Å². The first kappa shape index (κ1) is 14.2. The third-order valence-electron chi connectivity index (χ3n) is 2.31. The van der Waals surface area contributed by atoms with Crippen molar-refractivity contribution in [1.29, 1.82) is 0 Å². The highest BCUT2D eigenvalue weighted by Gasteiger charge is 2.19. The van der Waals surface area contributed by atoms with Crippen LogP contribution in [0.15, 0.2) is 28.5 Å². The number of aryl methyl sites for hydroxylation is 1. The highest BCUT2D eigenvalue weighted by molar-refractivity contribution is 7.99. The van der Waals surface area contributed by atoms with Crippen molar-refractivity contribution in [3.05, 3.63) is 35.0 Å². The zero-order valence-corrected chi connectivity index (χ0v) is 12.9. The summed E-state index contributed by atoms with van der Waals surface area (Å²) in [5, 5.41) is 1.86. The summed E-state index contributed by atoms with van der Waals surface area (Å²) in [4.78, 5) is 17.3. The van der Waals surface area contributed by atoms with E-state index in [2.05, 4.69) is 40.7 Å². The van der Waals surface area contributed by atoms with E-state index in [0.29, 0.717) is 10.3 Å². The molecule has 0 fully saturated rings. The molecule has 0 radical (unpaired) electrons. The fraction of sp³-hybridized carbons (Fsp3) is 0.385. The van der Waals surface area contributed by atoms with Gasteiger partial charge in [-0.3, -0.25) is 0 Å². The second-order valence-corrected chi connectivity index (χ2v) is 6.56. The first-order valence-electron chi connectivity index (χ1n) is 5.87. The molecular formula is C13H15ClN4S.